The minimum Gasteiger partial charge on any atom is -0.353 e. The van der Waals surface area contributed by atoms with E-state index in [9.17, 15) is 0 Å². The van der Waals surface area contributed by atoms with E-state index in [0.29, 0.717) is 5.69 Å². The molecule has 0 fully saturated rings. The Morgan fingerprint density at radius 3 is 2.68 bits per heavy atom. The Bertz CT molecular complexity index is 567. The number of nitrogens with one attached hydrogen (secondary N) is 1. The lowest BCUT2D eigenvalue weighted by Gasteiger charge is -2.08. The summed E-state index contributed by atoms with van der Waals surface area (Å²) in [6.45, 7) is 2.20. The van der Waals surface area contributed by atoms with Crippen LogP contribution in [0.1, 0.15) is 31.0 Å². The molecule has 2 aromatic rings. The molecule has 0 spiro atoms. The molecule has 0 unspecified atom stereocenters. The molecule has 3 nitrogen and oxygen atoms in total. The van der Waals surface area contributed by atoms with Gasteiger partial charge in [-0.2, -0.15) is 5.26 Å². The van der Waals surface area contributed by atoms with Crippen molar-refractivity contribution in [3.8, 4) is 6.07 Å². The van der Waals surface area contributed by atoms with Crippen LogP contribution in [-0.2, 0) is 6.42 Å². The summed E-state index contributed by atoms with van der Waals surface area (Å²) in [6, 6.07) is 14.1. The van der Waals surface area contributed by atoms with Crippen molar-refractivity contribution >= 4 is 11.4 Å². The highest BCUT2D eigenvalue weighted by molar-refractivity contribution is 5.64. The average Bonchev–Trinajstić information content (AvgIpc) is 2.47. The minimum atomic E-state index is 0.414. The van der Waals surface area contributed by atoms with Crippen molar-refractivity contribution in [2.75, 3.05) is 5.32 Å². The summed E-state index contributed by atoms with van der Waals surface area (Å²) >= 11 is 0. The lowest BCUT2D eigenvalue weighted by molar-refractivity contribution is 0.795. The first-order valence-corrected chi connectivity index (χ1v) is 6.54. The second-order valence-electron chi connectivity index (χ2n) is 4.44. The molecule has 1 aromatic heterocycles. The van der Waals surface area contributed by atoms with Crippen LogP contribution in [0.4, 0.5) is 11.4 Å². The fourth-order valence-corrected chi connectivity index (χ4v) is 1.89. The van der Waals surface area contributed by atoms with Gasteiger partial charge in [-0.3, -0.25) is 0 Å². The van der Waals surface area contributed by atoms with Gasteiger partial charge in [0.1, 0.15) is 6.07 Å². The molecule has 0 bridgehead atoms. The standard InChI is InChI=1S/C16H17N3/c1-2-3-5-13-7-9-14(10-8-13)19-15-6-4-11-18-16(15)12-17/h4,6-11,19H,2-3,5H2,1H3. The lowest BCUT2D eigenvalue weighted by Crippen LogP contribution is -1.95. The number of benzene rings is 1. The van der Waals surface area contributed by atoms with Crippen LogP contribution in [-0.4, -0.2) is 4.98 Å². The van der Waals surface area contributed by atoms with E-state index >= 15 is 0 Å². The Hall–Kier alpha value is -2.34. The third-order valence-corrected chi connectivity index (χ3v) is 2.97. The van der Waals surface area contributed by atoms with Crippen LogP contribution in [0, 0.1) is 11.3 Å². The Labute approximate surface area is 113 Å². The Balaban J connectivity index is 2.09. The summed E-state index contributed by atoms with van der Waals surface area (Å²) in [5.41, 5.74) is 3.48. The number of unbranched alkanes of at least 4 members (excludes halogenated alkanes) is 1. The van der Waals surface area contributed by atoms with Crippen LogP contribution in [0.2, 0.25) is 0 Å². The van der Waals surface area contributed by atoms with E-state index in [1.165, 1.54) is 18.4 Å². The molecule has 1 N–H and O–H groups in total. The molecule has 0 amide bonds. The molecule has 3 heteroatoms. The van der Waals surface area contributed by atoms with E-state index < -0.39 is 0 Å². The Kier molecular flexibility index (Phi) is 4.52. The lowest BCUT2D eigenvalue weighted by atomic mass is 10.1. The van der Waals surface area contributed by atoms with Gasteiger partial charge in [-0.15, -0.1) is 0 Å². The van der Waals surface area contributed by atoms with Crippen molar-refractivity contribution in [2.24, 2.45) is 0 Å². The smallest absolute Gasteiger partial charge is 0.163 e. The van der Waals surface area contributed by atoms with E-state index in [2.05, 4.69) is 35.4 Å². The van der Waals surface area contributed by atoms with Crippen molar-refractivity contribution < 1.29 is 0 Å². The van der Waals surface area contributed by atoms with Gasteiger partial charge in [-0.05, 0) is 42.7 Å². The van der Waals surface area contributed by atoms with Gasteiger partial charge in [0.2, 0.25) is 0 Å². The third kappa shape index (κ3) is 3.56. The van der Waals surface area contributed by atoms with E-state index in [0.717, 1.165) is 17.8 Å². The van der Waals surface area contributed by atoms with Gasteiger partial charge in [0, 0.05) is 11.9 Å². The second kappa shape index (κ2) is 6.55. The highest BCUT2D eigenvalue weighted by Gasteiger charge is 2.02. The highest BCUT2D eigenvalue weighted by Crippen LogP contribution is 2.19. The molecule has 19 heavy (non-hydrogen) atoms. The number of anilines is 2. The monoisotopic (exact) mass is 251 g/mol. The minimum absolute atomic E-state index is 0.414. The Morgan fingerprint density at radius 2 is 2.00 bits per heavy atom. The maximum Gasteiger partial charge on any atom is 0.163 e. The number of pyridine rings is 1. The zero-order chi connectivity index (χ0) is 13.5. The summed E-state index contributed by atoms with van der Waals surface area (Å²) in [5.74, 6) is 0. The molecule has 0 aliphatic rings. The summed E-state index contributed by atoms with van der Waals surface area (Å²) in [5, 5.41) is 12.2. The first kappa shape index (κ1) is 13.1. The Morgan fingerprint density at radius 1 is 1.21 bits per heavy atom. The number of nitrogens with zero attached hydrogens (tertiary/aromatic N) is 2. The van der Waals surface area contributed by atoms with Gasteiger partial charge >= 0.3 is 0 Å². The summed E-state index contributed by atoms with van der Waals surface area (Å²) in [6.07, 6.45) is 5.17. The molecule has 0 atom stereocenters. The number of aryl methyl sites for hydroxylation is 1. The van der Waals surface area contributed by atoms with Crippen LogP contribution in [0.25, 0.3) is 0 Å². The maximum absolute atomic E-state index is 8.99. The quantitative estimate of drug-likeness (QED) is 0.872. The number of nitriles is 1. The van der Waals surface area contributed by atoms with Gasteiger partial charge in [0.15, 0.2) is 5.69 Å². The van der Waals surface area contributed by atoms with E-state index in [1.54, 1.807) is 6.20 Å². The predicted octanol–water partition coefficient (Wildman–Crippen LogP) is 4.04. The zero-order valence-corrected chi connectivity index (χ0v) is 11.1. The molecular weight excluding hydrogens is 234 g/mol. The molecule has 0 radical (unpaired) electrons. The van der Waals surface area contributed by atoms with Gasteiger partial charge in [-0.1, -0.05) is 25.5 Å². The average molecular weight is 251 g/mol. The SMILES string of the molecule is CCCCc1ccc(Nc2cccnc2C#N)cc1. The van der Waals surface area contributed by atoms with Crippen LogP contribution >= 0.6 is 0 Å². The van der Waals surface area contributed by atoms with Gasteiger partial charge in [-0.25, -0.2) is 4.98 Å². The maximum atomic E-state index is 8.99. The first-order chi connectivity index (χ1) is 9.33. The normalized spacial score (nSPS) is 9.89. The highest BCUT2D eigenvalue weighted by atomic mass is 14.9. The van der Waals surface area contributed by atoms with E-state index in [4.69, 9.17) is 5.26 Å². The second-order valence-corrected chi connectivity index (χ2v) is 4.44. The third-order valence-electron chi connectivity index (χ3n) is 2.97. The molecule has 1 heterocycles. The van der Waals surface area contributed by atoms with Crippen LogP contribution in [0.5, 0.6) is 0 Å². The predicted molar refractivity (Wildman–Crippen MR) is 77.3 cm³/mol. The largest absolute Gasteiger partial charge is 0.353 e. The van der Waals surface area contributed by atoms with Gasteiger partial charge < -0.3 is 5.32 Å². The molecule has 0 aliphatic carbocycles. The number of hydrogen-bond donors (Lipinski definition) is 1. The van der Waals surface area contributed by atoms with Crippen molar-refractivity contribution in [2.45, 2.75) is 26.2 Å². The molecular formula is C16H17N3. The molecule has 0 saturated heterocycles. The van der Waals surface area contributed by atoms with Gasteiger partial charge in [0.25, 0.3) is 0 Å². The molecule has 2 rings (SSSR count). The number of aromatic nitrogens is 1. The van der Waals surface area contributed by atoms with E-state index in [-0.39, 0.29) is 0 Å². The van der Waals surface area contributed by atoms with Crippen LogP contribution in [0.15, 0.2) is 42.6 Å². The van der Waals surface area contributed by atoms with Crippen molar-refractivity contribution in [1.82, 2.24) is 4.98 Å². The van der Waals surface area contributed by atoms with E-state index in [1.807, 2.05) is 24.3 Å². The van der Waals surface area contributed by atoms with Crippen LogP contribution in [0.3, 0.4) is 0 Å². The summed E-state index contributed by atoms with van der Waals surface area (Å²) in [7, 11) is 0. The molecule has 0 saturated carbocycles. The number of hydrogen-bond acceptors (Lipinski definition) is 3. The zero-order valence-electron chi connectivity index (χ0n) is 11.1. The van der Waals surface area contributed by atoms with Gasteiger partial charge in [0.05, 0.1) is 5.69 Å². The molecule has 1 aromatic carbocycles. The van der Waals surface area contributed by atoms with Crippen molar-refractivity contribution in [3.05, 3.63) is 53.9 Å². The molecule has 96 valence electrons. The number of rotatable bonds is 5. The summed E-state index contributed by atoms with van der Waals surface area (Å²) in [4.78, 5) is 4.03. The fourth-order valence-electron chi connectivity index (χ4n) is 1.89. The van der Waals surface area contributed by atoms with Crippen molar-refractivity contribution in [1.29, 1.82) is 5.26 Å². The first-order valence-electron chi connectivity index (χ1n) is 6.54. The summed E-state index contributed by atoms with van der Waals surface area (Å²) < 4.78 is 0. The fraction of sp³-hybridized carbons (Fsp3) is 0.250. The topological polar surface area (TPSA) is 48.7 Å². The molecule has 0 aliphatic heterocycles. The van der Waals surface area contributed by atoms with Crippen molar-refractivity contribution in [3.63, 3.8) is 0 Å². The van der Waals surface area contributed by atoms with Crippen LogP contribution < -0.4 is 5.32 Å².